The summed E-state index contributed by atoms with van der Waals surface area (Å²) in [6, 6.07) is 0.765. The van der Waals surface area contributed by atoms with E-state index in [4.69, 9.17) is 32.7 Å². The van der Waals surface area contributed by atoms with Crippen LogP contribution in [0.1, 0.15) is 46.0 Å². The van der Waals surface area contributed by atoms with E-state index in [-0.39, 0.29) is 58.7 Å². The Bertz CT molecular complexity index is 1360. The first-order valence-electron chi connectivity index (χ1n) is 15.4. The number of piperidine rings is 1. The fourth-order valence-corrected chi connectivity index (χ4v) is 8.41. The van der Waals surface area contributed by atoms with Crippen molar-refractivity contribution < 1.29 is 42.2 Å². The van der Waals surface area contributed by atoms with Crippen molar-refractivity contribution in [1.29, 1.82) is 0 Å². The molecule has 0 spiro atoms. The number of carboxylic acid groups (broad SMARTS) is 1. The predicted octanol–water partition coefficient (Wildman–Crippen LogP) is 2.77. The topological polar surface area (TPSA) is 175 Å². The highest BCUT2D eigenvalue weighted by molar-refractivity contribution is 7.89. The molecule has 46 heavy (non-hydrogen) atoms. The Morgan fingerprint density at radius 2 is 1.63 bits per heavy atom. The first-order chi connectivity index (χ1) is 21.7. The predicted molar refractivity (Wildman–Crippen MR) is 168 cm³/mol. The van der Waals surface area contributed by atoms with Gasteiger partial charge >= 0.3 is 18.1 Å². The molecular weight excluding hydrogens is 665 g/mol. The molecule has 0 aromatic heterocycles. The quantitative estimate of drug-likeness (QED) is 0.331. The first kappa shape index (κ1) is 36.0. The Balaban J connectivity index is 1.21. The SMILES string of the molecule is CC1CN(C(=O)OCCC2CCN(C(=O)NC[C@H](NC(=O)[C@H]3CCCN3S(=O)(=O)c3cc(Cl)cc(Cl)c3)C(=O)O)CC2)CC(C)O1. The number of hydrogen-bond donors (Lipinski definition) is 3. The number of aliphatic carboxylic acids is 1. The van der Waals surface area contributed by atoms with Crippen LogP contribution in [0.15, 0.2) is 23.1 Å². The second-order valence-corrected chi connectivity index (χ2v) is 14.7. The van der Waals surface area contributed by atoms with E-state index in [1.807, 2.05) is 13.8 Å². The standard InChI is InChI=1S/C29H41Cl2N5O9S/c1-18-16-35(17-19(2)45-18)29(41)44-11-7-20-5-9-34(10-6-20)28(40)32-15-24(27(38)39)33-26(37)25-4-3-8-36(25)46(42,43)23-13-21(30)12-22(31)14-23/h12-14,18-20,24-25H,3-11,15-17H2,1-2H3,(H,32,40)(H,33,37)(H,38,39)/t18?,19?,24-,25+/m0/s1. The van der Waals surface area contributed by atoms with E-state index in [9.17, 15) is 32.7 Å². The van der Waals surface area contributed by atoms with E-state index >= 15 is 0 Å². The van der Waals surface area contributed by atoms with Gasteiger partial charge in [-0.2, -0.15) is 4.31 Å². The number of carbonyl (C=O) groups excluding carboxylic acids is 3. The van der Waals surface area contributed by atoms with Gasteiger partial charge in [0.2, 0.25) is 15.9 Å². The summed E-state index contributed by atoms with van der Waals surface area (Å²) in [7, 11) is -4.15. The summed E-state index contributed by atoms with van der Waals surface area (Å²) < 4.78 is 38.7. The number of morpholine rings is 1. The largest absolute Gasteiger partial charge is 0.480 e. The molecule has 17 heteroatoms. The molecule has 4 rings (SSSR count). The van der Waals surface area contributed by atoms with Crippen LogP contribution in [0.25, 0.3) is 0 Å². The number of nitrogens with one attached hydrogen (secondary N) is 2. The second kappa shape index (κ2) is 15.8. The van der Waals surface area contributed by atoms with Gasteiger partial charge in [-0.1, -0.05) is 23.2 Å². The number of ether oxygens (including phenoxy) is 2. The molecule has 3 saturated heterocycles. The van der Waals surface area contributed by atoms with E-state index in [1.54, 1.807) is 9.80 Å². The van der Waals surface area contributed by atoms with E-state index in [0.29, 0.717) is 51.9 Å². The normalized spacial score (nSPS) is 23.5. The van der Waals surface area contributed by atoms with Gasteiger partial charge in [-0.05, 0) is 70.1 Å². The number of rotatable bonds is 10. The van der Waals surface area contributed by atoms with Crippen LogP contribution in [0.5, 0.6) is 0 Å². The number of carbonyl (C=O) groups is 4. The first-order valence-corrected chi connectivity index (χ1v) is 17.5. The van der Waals surface area contributed by atoms with Gasteiger partial charge in [-0.15, -0.1) is 0 Å². The summed E-state index contributed by atoms with van der Waals surface area (Å²) in [5.41, 5.74) is 0. The molecule has 0 radical (unpaired) electrons. The molecule has 0 bridgehead atoms. The number of likely N-dealkylation sites (tertiary alicyclic amines) is 1. The zero-order valence-corrected chi connectivity index (χ0v) is 28.2. The van der Waals surface area contributed by atoms with Crippen molar-refractivity contribution in [2.45, 2.75) is 75.1 Å². The third-order valence-corrected chi connectivity index (χ3v) is 10.7. The summed E-state index contributed by atoms with van der Waals surface area (Å²) in [5, 5.41) is 14.9. The molecule has 0 saturated carbocycles. The van der Waals surface area contributed by atoms with Crippen molar-refractivity contribution in [2.75, 3.05) is 45.9 Å². The molecule has 3 N–H and O–H groups in total. The van der Waals surface area contributed by atoms with Crippen LogP contribution in [0.4, 0.5) is 9.59 Å². The van der Waals surface area contributed by atoms with Crippen LogP contribution in [0, 0.1) is 5.92 Å². The van der Waals surface area contributed by atoms with Gasteiger partial charge in [-0.3, -0.25) is 4.79 Å². The Kier molecular flexibility index (Phi) is 12.4. The molecule has 3 aliphatic heterocycles. The Labute approximate surface area is 278 Å². The zero-order chi connectivity index (χ0) is 33.6. The van der Waals surface area contributed by atoms with Crippen LogP contribution in [-0.4, -0.2) is 122 Å². The van der Waals surface area contributed by atoms with Gasteiger partial charge in [0.15, 0.2) is 0 Å². The van der Waals surface area contributed by atoms with Crippen LogP contribution < -0.4 is 10.6 Å². The summed E-state index contributed by atoms with van der Waals surface area (Å²) in [5.74, 6) is -1.90. The van der Waals surface area contributed by atoms with Gasteiger partial charge in [0.05, 0.1) is 43.3 Å². The zero-order valence-electron chi connectivity index (χ0n) is 25.8. The average Bonchev–Trinajstić information content (AvgIpc) is 3.49. The van der Waals surface area contributed by atoms with E-state index in [1.165, 1.54) is 18.2 Å². The lowest BCUT2D eigenvalue weighted by atomic mass is 9.94. The van der Waals surface area contributed by atoms with Crippen molar-refractivity contribution in [2.24, 2.45) is 5.92 Å². The Morgan fingerprint density at radius 3 is 2.24 bits per heavy atom. The van der Waals surface area contributed by atoms with Gasteiger partial charge in [0.1, 0.15) is 12.1 Å². The Hall–Kier alpha value is -2.85. The number of sulfonamides is 1. The molecule has 2 unspecified atom stereocenters. The van der Waals surface area contributed by atoms with Gasteiger partial charge in [-0.25, -0.2) is 22.8 Å². The molecule has 4 amide bonds. The van der Waals surface area contributed by atoms with E-state index in [0.717, 1.165) is 4.31 Å². The van der Waals surface area contributed by atoms with Crippen LogP contribution >= 0.6 is 23.2 Å². The lowest BCUT2D eigenvalue weighted by Gasteiger charge is -2.35. The van der Waals surface area contributed by atoms with Crippen molar-refractivity contribution in [1.82, 2.24) is 24.7 Å². The van der Waals surface area contributed by atoms with Crippen molar-refractivity contribution in [3.63, 3.8) is 0 Å². The highest BCUT2D eigenvalue weighted by atomic mass is 35.5. The minimum atomic E-state index is -4.15. The van der Waals surface area contributed by atoms with E-state index in [2.05, 4.69) is 10.6 Å². The lowest BCUT2D eigenvalue weighted by molar-refractivity contribution is -0.142. The number of benzene rings is 1. The maximum Gasteiger partial charge on any atom is 0.409 e. The highest BCUT2D eigenvalue weighted by Crippen LogP contribution is 2.30. The number of hydrogen-bond acceptors (Lipinski definition) is 8. The molecular formula is C29H41Cl2N5O9S. The summed E-state index contributed by atoms with van der Waals surface area (Å²) in [6.45, 7) is 5.64. The monoisotopic (exact) mass is 705 g/mol. The molecule has 4 atom stereocenters. The number of nitrogens with zero attached hydrogens (tertiary/aromatic N) is 3. The third kappa shape index (κ3) is 9.37. The minimum Gasteiger partial charge on any atom is -0.480 e. The second-order valence-electron chi connectivity index (χ2n) is 12.0. The molecule has 3 fully saturated rings. The van der Waals surface area contributed by atoms with Crippen LogP contribution in [0.3, 0.4) is 0 Å². The van der Waals surface area contributed by atoms with Gasteiger partial charge in [0.25, 0.3) is 0 Å². The van der Waals surface area contributed by atoms with Crippen molar-refractivity contribution >= 4 is 57.2 Å². The molecule has 1 aromatic rings. The van der Waals surface area contributed by atoms with Crippen molar-refractivity contribution in [3.8, 4) is 0 Å². The maximum absolute atomic E-state index is 13.3. The number of carboxylic acids is 1. The minimum absolute atomic E-state index is 0.0452. The van der Waals surface area contributed by atoms with Crippen LogP contribution in [0.2, 0.25) is 10.0 Å². The Morgan fingerprint density at radius 1 is 1.00 bits per heavy atom. The fraction of sp³-hybridized carbons (Fsp3) is 0.655. The van der Waals surface area contributed by atoms with Crippen LogP contribution in [-0.2, 0) is 29.1 Å². The third-order valence-electron chi connectivity index (χ3n) is 8.35. The molecule has 3 aliphatic rings. The van der Waals surface area contributed by atoms with Gasteiger partial charge < -0.3 is 35.0 Å². The number of urea groups is 1. The smallest absolute Gasteiger partial charge is 0.409 e. The van der Waals surface area contributed by atoms with E-state index < -0.39 is 46.6 Å². The fourth-order valence-electron chi connectivity index (χ4n) is 6.03. The lowest BCUT2D eigenvalue weighted by Crippen LogP contribution is -2.55. The molecule has 256 valence electrons. The maximum atomic E-state index is 13.3. The van der Waals surface area contributed by atoms with Crippen molar-refractivity contribution in [3.05, 3.63) is 28.2 Å². The number of halogens is 2. The summed E-state index contributed by atoms with van der Waals surface area (Å²) in [6.07, 6.45) is 2.20. The molecule has 14 nitrogen and oxygen atoms in total. The molecule has 3 heterocycles. The summed E-state index contributed by atoms with van der Waals surface area (Å²) in [4.78, 5) is 53.3. The molecule has 0 aliphatic carbocycles. The highest BCUT2D eigenvalue weighted by Gasteiger charge is 2.41. The number of amides is 4. The summed E-state index contributed by atoms with van der Waals surface area (Å²) >= 11 is 12.0. The average molecular weight is 707 g/mol. The van der Waals surface area contributed by atoms with Gasteiger partial charge in [0, 0.05) is 29.7 Å². The molecule has 1 aromatic carbocycles.